The average molecular weight is 318 g/mol. The summed E-state index contributed by atoms with van der Waals surface area (Å²) in [5, 5.41) is 18.9. The Kier molecular flexibility index (Phi) is 6.86. The van der Waals surface area contributed by atoms with Gasteiger partial charge in [-0.2, -0.15) is 0 Å². The Bertz CT molecular complexity index is 407. The zero-order valence-electron chi connectivity index (χ0n) is 10.5. The van der Waals surface area contributed by atoms with Gasteiger partial charge in [-0.05, 0) is 0 Å². The number of aliphatic hydroxyl groups is 2. The van der Waals surface area contributed by atoms with Crippen LogP contribution in [0.1, 0.15) is 0 Å². The van der Waals surface area contributed by atoms with Gasteiger partial charge >= 0.3 is 11.9 Å². The van der Waals surface area contributed by atoms with Gasteiger partial charge in [-0.3, -0.25) is 0 Å². The highest BCUT2D eigenvalue weighted by molar-refractivity contribution is 8.25. The maximum Gasteiger partial charge on any atom is 0.347 e. The molecular formula is C12H14O6S2. The van der Waals surface area contributed by atoms with Crippen LogP contribution in [0.2, 0.25) is 0 Å². The monoisotopic (exact) mass is 318 g/mol. The molecule has 0 radical (unpaired) electrons. The molecule has 0 aromatic carbocycles. The zero-order chi connectivity index (χ0) is 15.1. The number of aliphatic hydroxyl groups excluding tert-OH is 2. The first-order chi connectivity index (χ1) is 9.51. The van der Waals surface area contributed by atoms with Crippen molar-refractivity contribution in [1.29, 1.82) is 0 Å². The van der Waals surface area contributed by atoms with Crippen molar-refractivity contribution in [3.8, 4) is 0 Å². The maximum atomic E-state index is 11.9. The maximum absolute atomic E-state index is 11.9. The van der Waals surface area contributed by atoms with Gasteiger partial charge in [0.25, 0.3) is 0 Å². The summed E-state index contributed by atoms with van der Waals surface area (Å²) in [5.41, 5.74) is -2.59. The molecule has 0 aromatic rings. The molecule has 0 aromatic heterocycles. The Labute approximate surface area is 124 Å². The van der Waals surface area contributed by atoms with Crippen LogP contribution >= 0.6 is 23.5 Å². The van der Waals surface area contributed by atoms with Crippen LogP contribution in [-0.4, -0.2) is 46.2 Å². The summed E-state index contributed by atoms with van der Waals surface area (Å²) in [6.07, 6.45) is 2.71. The molecule has 6 nitrogen and oxygen atoms in total. The number of esters is 2. The number of hydrogen-bond acceptors (Lipinski definition) is 8. The van der Waals surface area contributed by atoms with Gasteiger partial charge in [0, 0.05) is 0 Å². The molecule has 1 fully saturated rings. The van der Waals surface area contributed by atoms with Crippen LogP contribution in [0.3, 0.4) is 0 Å². The summed E-state index contributed by atoms with van der Waals surface area (Å²) in [5.74, 6) is -1.79. The van der Waals surface area contributed by atoms with E-state index in [2.05, 4.69) is 13.2 Å². The van der Waals surface area contributed by atoms with Crippen molar-refractivity contribution in [3.05, 3.63) is 35.1 Å². The smallest absolute Gasteiger partial charge is 0.347 e. The van der Waals surface area contributed by atoms with Crippen molar-refractivity contribution in [2.45, 2.75) is 10.9 Å². The van der Waals surface area contributed by atoms with E-state index in [4.69, 9.17) is 9.47 Å². The van der Waals surface area contributed by atoms with E-state index >= 15 is 0 Å². The molecule has 2 atom stereocenters. The lowest BCUT2D eigenvalue weighted by atomic mass is 10.3. The molecule has 110 valence electrons. The second-order valence-corrected chi connectivity index (χ2v) is 5.97. The normalized spacial score (nSPS) is 21.2. The Hall–Kier alpha value is -1.22. The van der Waals surface area contributed by atoms with Gasteiger partial charge in [0.15, 0.2) is 5.57 Å². The van der Waals surface area contributed by atoms with Gasteiger partial charge in [0.2, 0.25) is 0 Å². The van der Waals surface area contributed by atoms with Crippen LogP contribution in [0.25, 0.3) is 0 Å². The Balaban J connectivity index is 2.98. The van der Waals surface area contributed by atoms with E-state index in [1.165, 1.54) is 12.2 Å². The molecule has 0 amide bonds. The molecule has 8 heteroatoms. The van der Waals surface area contributed by atoms with Crippen LogP contribution in [0.5, 0.6) is 0 Å². The van der Waals surface area contributed by atoms with E-state index in [1.807, 2.05) is 0 Å². The lowest BCUT2D eigenvalue weighted by molar-refractivity contribution is -0.145. The minimum absolute atomic E-state index is 0.0647. The van der Waals surface area contributed by atoms with Crippen molar-refractivity contribution >= 4 is 35.5 Å². The highest BCUT2D eigenvalue weighted by Crippen LogP contribution is 2.46. The van der Waals surface area contributed by atoms with E-state index in [-0.39, 0.29) is 23.0 Å². The van der Waals surface area contributed by atoms with Crippen LogP contribution in [0.4, 0.5) is 0 Å². The van der Waals surface area contributed by atoms with Crippen molar-refractivity contribution < 1.29 is 29.3 Å². The van der Waals surface area contributed by atoms with E-state index < -0.39 is 22.8 Å². The minimum Gasteiger partial charge on any atom is -0.458 e. The zero-order valence-corrected chi connectivity index (χ0v) is 12.1. The third-order valence-electron chi connectivity index (χ3n) is 1.98. The standard InChI is InChI=1S/C12H14O6S2/c1-3-5-17-8(13)7(9(14)18-6-4-2)12-19-10(15)11(16)20-12/h3-4,10-11,15-16H,1-2,5-6H2. The van der Waals surface area contributed by atoms with Crippen molar-refractivity contribution in [3.63, 3.8) is 0 Å². The lowest BCUT2D eigenvalue weighted by Crippen LogP contribution is -2.19. The van der Waals surface area contributed by atoms with E-state index in [0.717, 1.165) is 23.5 Å². The molecule has 0 bridgehead atoms. The quantitative estimate of drug-likeness (QED) is 0.244. The van der Waals surface area contributed by atoms with Crippen molar-refractivity contribution in [2.24, 2.45) is 0 Å². The van der Waals surface area contributed by atoms with Gasteiger partial charge in [0.1, 0.15) is 24.1 Å². The van der Waals surface area contributed by atoms with Crippen molar-refractivity contribution in [2.75, 3.05) is 13.2 Å². The molecule has 1 saturated heterocycles. The second kappa shape index (κ2) is 8.15. The van der Waals surface area contributed by atoms with E-state index in [1.54, 1.807) is 0 Å². The third-order valence-corrected chi connectivity index (χ3v) is 4.56. The van der Waals surface area contributed by atoms with E-state index in [0.29, 0.717) is 0 Å². The molecule has 1 aliphatic heterocycles. The molecule has 1 rings (SSSR count). The van der Waals surface area contributed by atoms with Gasteiger partial charge < -0.3 is 19.7 Å². The number of rotatable bonds is 6. The summed E-state index contributed by atoms with van der Waals surface area (Å²) in [7, 11) is 0. The van der Waals surface area contributed by atoms with Crippen LogP contribution in [-0.2, 0) is 19.1 Å². The molecule has 0 aliphatic carbocycles. The minimum atomic E-state index is -1.12. The van der Waals surface area contributed by atoms with Gasteiger partial charge in [-0.15, -0.1) is 0 Å². The fraction of sp³-hybridized carbons (Fsp3) is 0.333. The number of hydrogen-bond donors (Lipinski definition) is 2. The summed E-state index contributed by atoms with van der Waals surface area (Å²) < 4.78 is 9.77. The fourth-order valence-electron chi connectivity index (χ4n) is 1.14. The SMILES string of the molecule is C=CCOC(=O)C(C(=O)OCC=C)=C1SC(O)C(O)S1. The largest absolute Gasteiger partial charge is 0.458 e. The number of carbonyl (C=O) groups excluding carboxylic acids is 2. The molecule has 0 spiro atoms. The van der Waals surface area contributed by atoms with E-state index in [9.17, 15) is 19.8 Å². The summed E-state index contributed by atoms with van der Waals surface area (Å²) in [4.78, 5) is 23.7. The Morgan fingerprint density at radius 3 is 1.80 bits per heavy atom. The molecule has 20 heavy (non-hydrogen) atoms. The molecule has 2 N–H and O–H groups in total. The highest BCUT2D eigenvalue weighted by atomic mass is 32.2. The third kappa shape index (κ3) is 4.41. The van der Waals surface area contributed by atoms with Gasteiger partial charge in [-0.1, -0.05) is 48.8 Å². The first-order valence-corrected chi connectivity index (χ1v) is 7.27. The molecule has 2 unspecified atom stereocenters. The fourth-order valence-corrected chi connectivity index (χ4v) is 3.53. The van der Waals surface area contributed by atoms with Gasteiger partial charge in [0.05, 0.1) is 4.24 Å². The summed E-state index contributed by atoms with van der Waals surface area (Å²) in [6.45, 7) is 6.66. The van der Waals surface area contributed by atoms with Crippen LogP contribution in [0, 0.1) is 0 Å². The Morgan fingerprint density at radius 2 is 1.45 bits per heavy atom. The number of carbonyl (C=O) groups is 2. The lowest BCUT2D eigenvalue weighted by Gasteiger charge is -2.08. The summed E-state index contributed by atoms with van der Waals surface area (Å²) >= 11 is 1.60. The molecule has 1 heterocycles. The first kappa shape index (κ1) is 16.8. The summed E-state index contributed by atoms with van der Waals surface area (Å²) in [6, 6.07) is 0. The second-order valence-electron chi connectivity index (χ2n) is 3.45. The predicted molar refractivity (Wildman–Crippen MR) is 76.5 cm³/mol. The van der Waals surface area contributed by atoms with Crippen molar-refractivity contribution in [1.82, 2.24) is 0 Å². The number of ether oxygens (including phenoxy) is 2. The number of thioether (sulfide) groups is 2. The topological polar surface area (TPSA) is 93.1 Å². The van der Waals surface area contributed by atoms with Crippen LogP contribution in [0.15, 0.2) is 35.1 Å². The molecular weight excluding hydrogens is 304 g/mol. The predicted octanol–water partition coefficient (Wildman–Crippen LogP) is 0.773. The first-order valence-electron chi connectivity index (χ1n) is 5.51. The van der Waals surface area contributed by atoms with Crippen LogP contribution < -0.4 is 0 Å². The average Bonchev–Trinajstić information content (AvgIpc) is 2.73. The van der Waals surface area contributed by atoms with Gasteiger partial charge in [-0.25, -0.2) is 9.59 Å². The molecule has 1 aliphatic rings. The highest BCUT2D eigenvalue weighted by Gasteiger charge is 2.36. The molecule has 0 saturated carbocycles. The Morgan fingerprint density at radius 1 is 1.05 bits per heavy atom.